The van der Waals surface area contributed by atoms with Crippen LogP contribution in [0.4, 0.5) is 13.2 Å². The summed E-state index contributed by atoms with van der Waals surface area (Å²) < 4.78 is 49.9. The van der Waals surface area contributed by atoms with Crippen molar-refractivity contribution in [1.82, 2.24) is 4.57 Å². The van der Waals surface area contributed by atoms with E-state index in [2.05, 4.69) is 0 Å². The maximum Gasteiger partial charge on any atom is 0.431 e. The molecule has 0 atom stereocenters. The minimum Gasteiger partial charge on any atom is -0.454 e. The van der Waals surface area contributed by atoms with E-state index in [4.69, 9.17) is 15.2 Å². The molecule has 1 amide bonds. The average molecular weight is 368 g/mol. The van der Waals surface area contributed by atoms with Gasteiger partial charge in [0.05, 0.1) is 6.54 Å². The van der Waals surface area contributed by atoms with Crippen molar-refractivity contribution in [2.75, 3.05) is 6.79 Å². The predicted molar refractivity (Wildman–Crippen MR) is 81.1 cm³/mol. The first kappa shape index (κ1) is 17.5. The second-order valence-corrected chi connectivity index (χ2v) is 5.38. The van der Waals surface area contributed by atoms with Crippen LogP contribution in [0.15, 0.2) is 35.1 Å². The molecule has 1 aliphatic heterocycles. The molecule has 0 aliphatic carbocycles. The lowest BCUT2D eigenvalue weighted by molar-refractivity contribution is -0.144. The second-order valence-electron chi connectivity index (χ2n) is 5.38. The number of benzene rings is 1. The lowest BCUT2D eigenvalue weighted by Gasteiger charge is -2.15. The van der Waals surface area contributed by atoms with Gasteiger partial charge in [-0.2, -0.15) is 13.2 Å². The molecule has 0 saturated carbocycles. The van der Waals surface area contributed by atoms with Gasteiger partial charge in [-0.25, -0.2) is 0 Å². The SMILES string of the molecule is NC(=O)c1ccc(C(F)(F)F)n(CC(=O)c2ccc3c(c2)OCO3)c1=O. The molecule has 26 heavy (non-hydrogen) atoms. The third-order valence-corrected chi connectivity index (χ3v) is 3.73. The molecule has 2 heterocycles. The Kier molecular flexibility index (Phi) is 4.18. The first-order valence-electron chi connectivity index (χ1n) is 7.22. The smallest absolute Gasteiger partial charge is 0.431 e. The van der Waals surface area contributed by atoms with Gasteiger partial charge in [-0.1, -0.05) is 0 Å². The van der Waals surface area contributed by atoms with Gasteiger partial charge in [0.25, 0.3) is 11.5 Å². The maximum absolute atomic E-state index is 13.2. The fraction of sp³-hybridized carbons (Fsp3) is 0.188. The molecule has 10 heteroatoms. The quantitative estimate of drug-likeness (QED) is 0.826. The van der Waals surface area contributed by atoms with Crippen LogP contribution < -0.4 is 20.8 Å². The van der Waals surface area contributed by atoms with Gasteiger partial charge in [0, 0.05) is 5.56 Å². The van der Waals surface area contributed by atoms with Crippen LogP contribution in [0.5, 0.6) is 11.5 Å². The Morgan fingerprint density at radius 3 is 2.46 bits per heavy atom. The highest BCUT2D eigenvalue weighted by Gasteiger charge is 2.35. The van der Waals surface area contributed by atoms with Crippen LogP contribution in [0.3, 0.4) is 0 Å². The molecule has 3 rings (SSSR count). The summed E-state index contributed by atoms with van der Waals surface area (Å²) in [5.41, 5.74) is 1.73. The van der Waals surface area contributed by atoms with Gasteiger partial charge in [-0.05, 0) is 30.3 Å². The standard InChI is InChI=1S/C16H11F3N2O5/c17-16(18,19)13-4-2-9(14(20)23)15(24)21(13)6-10(22)8-1-3-11-12(5-8)26-7-25-11/h1-5H,6-7H2,(H2,20,23). The monoisotopic (exact) mass is 368 g/mol. The minimum absolute atomic E-state index is 0.0266. The molecule has 0 bridgehead atoms. The summed E-state index contributed by atoms with van der Waals surface area (Å²) in [6.45, 7) is -0.959. The Bertz CT molecular complexity index is 965. The van der Waals surface area contributed by atoms with E-state index in [-0.39, 0.29) is 22.7 Å². The van der Waals surface area contributed by atoms with E-state index >= 15 is 0 Å². The predicted octanol–water partition coefficient (Wildman–Crippen LogP) is 1.58. The van der Waals surface area contributed by atoms with E-state index in [0.29, 0.717) is 17.9 Å². The Labute approximate surface area is 143 Å². The van der Waals surface area contributed by atoms with Crippen molar-refractivity contribution in [3.8, 4) is 11.5 Å². The number of nitrogens with zero attached hydrogens (tertiary/aromatic N) is 1. The Balaban J connectivity index is 2.03. The zero-order valence-corrected chi connectivity index (χ0v) is 13.0. The summed E-state index contributed by atoms with van der Waals surface area (Å²) in [5.74, 6) is -1.30. The Hall–Kier alpha value is -3.30. The summed E-state index contributed by atoms with van der Waals surface area (Å²) in [5, 5.41) is 0. The zero-order chi connectivity index (χ0) is 19.1. The van der Waals surface area contributed by atoms with Gasteiger partial charge in [0.2, 0.25) is 6.79 Å². The van der Waals surface area contributed by atoms with E-state index in [0.717, 1.165) is 0 Å². The molecule has 0 spiro atoms. The lowest BCUT2D eigenvalue weighted by Crippen LogP contribution is -2.35. The van der Waals surface area contributed by atoms with Crippen LogP contribution in [-0.4, -0.2) is 23.1 Å². The van der Waals surface area contributed by atoms with Gasteiger partial charge in [0.15, 0.2) is 17.3 Å². The van der Waals surface area contributed by atoms with Crippen molar-refractivity contribution in [2.45, 2.75) is 12.7 Å². The number of aromatic nitrogens is 1. The highest BCUT2D eigenvalue weighted by molar-refractivity contribution is 5.97. The molecular formula is C16H11F3N2O5. The number of Topliss-reactive ketones (excluding diaryl/α,β-unsaturated/α-hetero) is 1. The van der Waals surface area contributed by atoms with E-state index in [1.54, 1.807) is 0 Å². The summed E-state index contributed by atoms with van der Waals surface area (Å²) in [6, 6.07) is 5.30. The average Bonchev–Trinajstić information content (AvgIpc) is 3.02. The van der Waals surface area contributed by atoms with Gasteiger partial charge in [0.1, 0.15) is 11.3 Å². The number of carbonyl (C=O) groups is 2. The zero-order valence-electron chi connectivity index (χ0n) is 13.0. The summed E-state index contributed by atoms with van der Waals surface area (Å²) >= 11 is 0. The highest BCUT2D eigenvalue weighted by Crippen LogP contribution is 2.33. The van der Waals surface area contributed by atoms with Gasteiger partial charge < -0.3 is 15.2 Å². The van der Waals surface area contributed by atoms with Crippen molar-refractivity contribution in [3.05, 3.63) is 57.5 Å². The van der Waals surface area contributed by atoms with E-state index in [1.165, 1.54) is 18.2 Å². The highest BCUT2D eigenvalue weighted by atomic mass is 19.4. The number of pyridine rings is 1. The van der Waals surface area contributed by atoms with Crippen molar-refractivity contribution < 1.29 is 32.2 Å². The molecule has 7 nitrogen and oxygen atoms in total. The number of ketones is 1. The van der Waals surface area contributed by atoms with Gasteiger partial charge in [-0.15, -0.1) is 0 Å². The third-order valence-electron chi connectivity index (χ3n) is 3.73. The van der Waals surface area contributed by atoms with Crippen LogP contribution in [0.2, 0.25) is 0 Å². The molecule has 1 aromatic heterocycles. The molecule has 2 N–H and O–H groups in total. The number of halogens is 3. The van der Waals surface area contributed by atoms with Gasteiger partial charge in [-0.3, -0.25) is 19.0 Å². The summed E-state index contributed by atoms with van der Waals surface area (Å²) in [4.78, 5) is 35.8. The van der Waals surface area contributed by atoms with Crippen molar-refractivity contribution >= 4 is 11.7 Å². The molecule has 2 aromatic rings. The number of primary amides is 1. The Morgan fingerprint density at radius 2 is 1.81 bits per heavy atom. The normalized spacial score (nSPS) is 12.9. The van der Waals surface area contributed by atoms with Crippen molar-refractivity contribution in [1.29, 1.82) is 0 Å². The van der Waals surface area contributed by atoms with E-state index in [1.807, 2.05) is 0 Å². The van der Waals surface area contributed by atoms with E-state index in [9.17, 15) is 27.6 Å². The van der Waals surface area contributed by atoms with E-state index < -0.39 is 41.2 Å². The topological polar surface area (TPSA) is 101 Å². The minimum atomic E-state index is -4.90. The molecule has 0 unspecified atom stereocenters. The van der Waals surface area contributed by atoms with Crippen LogP contribution in [-0.2, 0) is 12.7 Å². The number of nitrogens with two attached hydrogens (primary N) is 1. The van der Waals surface area contributed by atoms with Crippen LogP contribution in [0, 0.1) is 0 Å². The fourth-order valence-corrected chi connectivity index (χ4v) is 2.48. The number of ether oxygens (including phenoxy) is 2. The first-order valence-corrected chi connectivity index (χ1v) is 7.22. The molecule has 0 saturated heterocycles. The van der Waals surface area contributed by atoms with Crippen molar-refractivity contribution in [3.63, 3.8) is 0 Å². The summed E-state index contributed by atoms with van der Waals surface area (Å²) in [6.07, 6.45) is -4.90. The molecular weight excluding hydrogens is 357 g/mol. The molecule has 1 aromatic carbocycles. The van der Waals surface area contributed by atoms with Crippen LogP contribution in [0.25, 0.3) is 0 Å². The fourth-order valence-electron chi connectivity index (χ4n) is 2.48. The molecule has 1 aliphatic rings. The first-order chi connectivity index (χ1) is 12.2. The van der Waals surface area contributed by atoms with Crippen molar-refractivity contribution in [2.24, 2.45) is 5.73 Å². The lowest BCUT2D eigenvalue weighted by atomic mass is 10.1. The number of amides is 1. The van der Waals surface area contributed by atoms with Crippen LogP contribution >= 0.6 is 0 Å². The number of hydrogen-bond acceptors (Lipinski definition) is 5. The number of fused-ring (bicyclic) bond motifs is 1. The number of alkyl halides is 3. The van der Waals surface area contributed by atoms with Crippen LogP contribution in [0.1, 0.15) is 26.4 Å². The second kappa shape index (κ2) is 6.21. The number of rotatable bonds is 4. The molecule has 136 valence electrons. The maximum atomic E-state index is 13.2. The summed E-state index contributed by atoms with van der Waals surface area (Å²) in [7, 11) is 0. The third kappa shape index (κ3) is 3.13. The largest absolute Gasteiger partial charge is 0.454 e. The number of hydrogen-bond donors (Lipinski definition) is 1. The molecule has 0 radical (unpaired) electrons. The molecule has 0 fully saturated rings. The van der Waals surface area contributed by atoms with Gasteiger partial charge >= 0.3 is 6.18 Å². The number of carbonyl (C=O) groups excluding carboxylic acids is 2. The Morgan fingerprint density at radius 1 is 1.12 bits per heavy atom.